The fraction of sp³-hybridized carbons (Fsp3) is 0.458. The molecule has 1 heterocycles. The number of ether oxygens (including phenoxy) is 1. The lowest BCUT2D eigenvalue weighted by Crippen LogP contribution is -2.45. The lowest BCUT2D eigenvalue weighted by Gasteiger charge is -2.29. The maximum atomic E-state index is 12.6. The van der Waals surface area contributed by atoms with E-state index in [0.29, 0.717) is 19.1 Å². The minimum absolute atomic E-state index is 0.00724. The van der Waals surface area contributed by atoms with E-state index in [1.807, 2.05) is 0 Å². The van der Waals surface area contributed by atoms with Crippen LogP contribution in [0.25, 0.3) is 0 Å². The van der Waals surface area contributed by atoms with E-state index in [1.165, 1.54) is 36.0 Å². The molecule has 2 N–H and O–H groups in total. The number of carbonyl (C=O) groups excluding carboxylic acids is 1. The Morgan fingerprint density at radius 3 is 2.79 bits per heavy atom. The number of benzene rings is 2. The van der Waals surface area contributed by atoms with Crippen molar-refractivity contribution >= 4 is 5.91 Å². The highest BCUT2D eigenvalue weighted by Gasteiger charge is 2.27. The van der Waals surface area contributed by atoms with Crippen molar-refractivity contribution in [3.05, 3.63) is 64.7 Å². The summed E-state index contributed by atoms with van der Waals surface area (Å²) in [6.07, 6.45) is 4.49. The molecule has 28 heavy (non-hydrogen) atoms. The number of aryl methyl sites for hydroxylation is 3. The first-order valence-electron chi connectivity index (χ1n) is 10.5. The zero-order chi connectivity index (χ0) is 19.3. The van der Waals surface area contributed by atoms with Crippen molar-refractivity contribution in [2.24, 2.45) is 11.8 Å². The molecule has 1 fully saturated rings. The van der Waals surface area contributed by atoms with Crippen LogP contribution in [-0.4, -0.2) is 25.6 Å². The molecule has 0 unspecified atom stereocenters. The molecule has 0 spiro atoms. The maximum absolute atomic E-state index is 12.6. The number of amides is 1. The summed E-state index contributed by atoms with van der Waals surface area (Å²) < 4.78 is 6.07. The van der Waals surface area contributed by atoms with Gasteiger partial charge < -0.3 is 15.4 Å². The molecule has 148 valence electrons. The summed E-state index contributed by atoms with van der Waals surface area (Å²) in [4.78, 5) is 12.6. The highest BCUT2D eigenvalue weighted by Crippen LogP contribution is 2.27. The van der Waals surface area contributed by atoms with Crippen LogP contribution in [0.4, 0.5) is 0 Å². The van der Waals surface area contributed by atoms with Gasteiger partial charge in [0.05, 0.1) is 12.5 Å². The fourth-order valence-electron chi connectivity index (χ4n) is 4.25. The van der Waals surface area contributed by atoms with Crippen LogP contribution in [0, 0.1) is 18.8 Å². The SMILES string of the molecule is Cc1ccc(CNC(=O)[C@H]2CNC[C@@H](COc3ccc4c(c3)CCC4)C2)cc1. The Labute approximate surface area is 167 Å². The van der Waals surface area contributed by atoms with Crippen LogP contribution in [0.15, 0.2) is 42.5 Å². The second-order valence-corrected chi connectivity index (χ2v) is 8.26. The van der Waals surface area contributed by atoms with Crippen LogP contribution in [-0.2, 0) is 24.2 Å². The molecule has 4 nitrogen and oxygen atoms in total. The van der Waals surface area contributed by atoms with Gasteiger partial charge in [-0.1, -0.05) is 35.9 Å². The molecule has 2 aromatic carbocycles. The average Bonchev–Trinajstić information content (AvgIpc) is 3.20. The topological polar surface area (TPSA) is 50.4 Å². The number of hydrogen-bond acceptors (Lipinski definition) is 3. The van der Waals surface area contributed by atoms with Gasteiger partial charge in [-0.05, 0) is 61.4 Å². The summed E-state index contributed by atoms with van der Waals surface area (Å²) in [5, 5.41) is 6.50. The van der Waals surface area contributed by atoms with Crippen molar-refractivity contribution in [2.75, 3.05) is 19.7 Å². The lowest BCUT2D eigenvalue weighted by atomic mass is 9.90. The number of carbonyl (C=O) groups is 1. The van der Waals surface area contributed by atoms with Gasteiger partial charge in [-0.2, -0.15) is 0 Å². The second kappa shape index (κ2) is 8.78. The van der Waals surface area contributed by atoms with Crippen LogP contribution in [0.5, 0.6) is 5.75 Å². The first-order valence-corrected chi connectivity index (χ1v) is 10.5. The molecular formula is C24H30N2O2. The average molecular weight is 379 g/mol. The van der Waals surface area contributed by atoms with E-state index in [0.717, 1.165) is 30.8 Å². The van der Waals surface area contributed by atoms with E-state index < -0.39 is 0 Å². The molecule has 2 aromatic rings. The highest BCUT2D eigenvalue weighted by atomic mass is 16.5. The van der Waals surface area contributed by atoms with Gasteiger partial charge >= 0.3 is 0 Å². The largest absolute Gasteiger partial charge is 0.493 e. The molecule has 0 aromatic heterocycles. The Bertz CT molecular complexity index is 816. The summed E-state index contributed by atoms with van der Waals surface area (Å²) in [7, 11) is 0. The smallest absolute Gasteiger partial charge is 0.224 e. The van der Waals surface area contributed by atoms with Gasteiger partial charge in [0.15, 0.2) is 0 Å². The van der Waals surface area contributed by atoms with Crippen LogP contribution in [0.3, 0.4) is 0 Å². The zero-order valence-corrected chi connectivity index (χ0v) is 16.7. The molecule has 4 heteroatoms. The second-order valence-electron chi connectivity index (χ2n) is 8.26. The molecule has 1 aliphatic carbocycles. The fourth-order valence-corrected chi connectivity index (χ4v) is 4.25. The summed E-state index contributed by atoms with van der Waals surface area (Å²) in [5.41, 5.74) is 5.28. The van der Waals surface area contributed by atoms with E-state index >= 15 is 0 Å². The maximum Gasteiger partial charge on any atom is 0.224 e. The Morgan fingerprint density at radius 2 is 1.93 bits per heavy atom. The number of nitrogens with one attached hydrogen (secondary N) is 2. The molecular weight excluding hydrogens is 348 g/mol. The third-order valence-corrected chi connectivity index (χ3v) is 5.96. The quantitative estimate of drug-likeness (QED) is 0.810. The van der Waals surface area contributed by atoms with E-state index in [4.69, 9.17) is 4.74 Å². The van der Waals surface area contributed by atoms with E-state index in [2.05, 4.69) is 60.0 Å². The molecule has 4 rings (SSSR count). The molecule has 0 saturated carbocycles. The molecule has 1 aliphatic heterocycles. The number of fused-ring (bicyclic) bond motifs is 1. The van der Waals surface area contributed by atoms with Gasteiger partial charge in [-0.25, -0.2) is 0 Å². The van der Waals surface area contributed by atoms with Gasteiger partial charge in [-0.3, -0.25) is 4.79 Å². The van der Waals surface area contributed by atoms with E-state index in [9.17, 15) is 4.79 Å². The molecule has 0 radical (unpaired) electrons. The van der Waals surface area contributed by atoms with Crippen LogP contribution < -0.4 is 15.4 Å². The molecule has 2 atom stereocenters. The summed E-state index contributed by atoms with van der Waals surface area (Å²) in [6.45, 7) is 4.97. The van der Waals surface area contributed by atoms with Crippen molar-refractivity contribution < 1.29 is 9.53 Å². The van der Waals surface area contributed by atoms with Crippen molar-refractivity contribution in [1.29, 1.82) is 0 Å². The van der Waals surface area contributed by atoms with E-state index in [-0.39, 0.29) is 11.8 Å². The van der Waals surface area contributed by atoms with Gasteiger partial charge in [0.25, 0.3) is 0 Å². The number of rotatable bonds is 6. The van der Waals surface area contributed by atoms with Gasteiger partial charge in [0.2, 0.25) is 5.91 Å². The number of hydrogen-bond donors (Lipinski definition) is 2. The van der Waals surface area contributed by atoms with Crippen molar-refractivity contribution in [3.8, 4) is 5.75 Å². The van der Waals surface area contributed by atoms with Crippen LogP contribution in [0.2, 0.25) is 0 Å². The van der Waals surface area contributed by atoms with Crippen LogP contribution >= 0.6 is 0 Å². The Morgan fingerprint density at radius 1 is 1.11 bits per heavy atom. The molecule has 1 saturated heterocycles. The predicted octanol–water partition coefficient (Wildman–Crippen LogP) is 3.40. The summed E-state index contributed by atoms with van der Waals surface area (Å²) in [6, 6.07) is 14.8. The minimum Gasteiger partial charge on any atom is -0.493 e. The third-order valence-electron chi connectivity index (χ3n) is 5.96. The van der Waals surface area contributed by atoms with Gasteiger partial charge in [-0.15, -0.1) is 0 Å². The first kappa shape index (κ1) is 19.0. The monoisotopic (exact) mass is 378 g/mol. The zero-order valence-electron chi connectivity index (χ0n) is 16.7. The van der Waals surface area contributed by atoms with E-state index in [1.54, 1.807) is 0 Å². The Kier molecular flexibility index (Phi) is 5.96. The summed E-state index contributed by atoms with van der Waals surface area (Å²) in [5.74, 6) is 1.46. The third kappa shape index (κ3) is 4.74. The van der Waals surface area contributed by atoms with Gasteiger partial charge in [0.1, 0.15) is 5.75 Å². The minimum atomic E-state index is 0.00724. The Hall–Kier alpha value is -2.33. The van der Waals surface area contributed by atoms with Crippen molar-refractivity contribution in [1.82, 2.24) is 10.6 Å². The molecule has 0 bridgehead atoms. The molecule has 1 amide bonds. The van der Waals surface area contributed by atoms with Crippen molar-refractivity contribution in [3.63, 3.8) is 0 Å². The number of piperidine rings is 1. The highest BCUT2D eigenvalue weighted by molar-refractivity contribution is 5.79. The Balaban J connectivity index is 1.25. The van der Waals surface area contributed by atoms with Gasteiger partial charge in [0, 0.05) is 25.6 Å². The molecule has 2 aliphatic rings. The summed E-state index contributed by atoms with van der Waals surface area (Å²) >= 11 is 0. The first-order chi connectivity index (χ1) is 13.7. The predicted molar refractivity (Wildman–Crippen MR) is 111 cm³/mol. The standard InChI is InChI=1S/C24H30N2O2/c1-17-5-7-18(8-6-17)14-26-24(27)22-11-19(13-25-15-22)16-28-23-10-9-20-3-2-4-21(20)12-23/h5-10,12,19,22,25H,2-4,11,13-16H2,1H3,(H,26,27)/t19-,22+/m0/s1. The normalized spacial score (nSPS) is 21.2. The van der Waals surface area contributed by atoms with Crippen LogP contribution in [0.1, 0.15) is 35.1 Å². The lowest BCUT2D eigenvalue weighted by molar-refractivity contribution is -0.126. The van der Waals surface area contributed by atoms with Crippen molar-refractivity contribution in [2.45, 2.75) is 39.2 Å².